The first-order valence-electron chi connectivity index (χ1n) is 5.15. The van der Waals surface area contributed by atoms with Gasteiger partial charge in [0.2, 0.25) is 5.91 Å². The molecule has 1 aliphatic heterocycles. The summed E-state index contributed by atoms with van der Waals surface area (Å²) in [6, 6.07) is 1.66. The number of benzene rings is 1. The number of hydrogen-bond donors (Lipinski definition) is 2. The Morgan fingerprint density at radius 3 is 2.75 bits per heavy atom. The molecule has 1 aromatic rings. The van der Waals surface area contributed by atoms with E-state index in [0.717, 1.165) is 11.1 Å². The van der Waals surface area contributed by atoms with Crippen molar-refractivity contribution in [2.45, 2.75) is 32.6 Å². The van der Waals surface area contributed by atoms with Crippen LogP contribution >= 0.6 is 11.6 Å². The van der Waals surface area contributed by atoms with Crippen molar-refractivity contribution >= 4 is 23.2 Å². The van der Waals surface area contributed by atoms with E-state index < -0.39 is 5.41 Å². The summed E-state index contributed by atoms with van der Waals surface area (Å²) in [6.07, 6.45) is 0.355. The number of phenolic OH excluding ortho intramolecular Hbond substituents is 1. The second-order valence-corrected chi connectivity index (χ2v) is 5.29. The van der Waals surface area contributed by atoms with Crippen molar-refractivity contribution in [3.05, 3.63) is 22.2 Å². The fraction of sp³-hybridized carbons (Fsp3) is 0.417. The Labute approximate surface area is 99.4 Å². The van der Waals surface area contributed by atoms with Crippen LogP contribution in [0.4, 0.5) is 5.69 Å². The van der Waals surface area contributed by atoms with Gasteiger partial charge in [-0.1, -0.05) is 25.4 Å². The minimum atomic E-state index is -0.391. The van der Waals surface area contributed by atoms with E-state index in [9.17, 15) is 9.90 Å². The van der Waals surface area contributed by atoms with Gasteiger partial charge in [0.1, 0.15) is 5.75 Å². The van der Waals surface area contributed by atoms with Crippen LogP contribution in [0.15, 0.2) is 6.07 Å². The lowest BCUT2D eigenvalue weighted by atomic mass is 9.77. The lowest BCUT2D eigenvalue weighted by molar-refractivity contribution is -0.117. The van der Waals surface area contributed by atoms with Crippen LogP contribution in [-0.2, 0) is 10.2 Å². The van der Waals surface area contributed by atoms with Crippen LogP contribution in [-0.4, -0.2) is 11.0 Å². The highest BCUT2D eigenvalue weighted by atomic mass is 35.5. The van der Waals surface area contributed by atoms with E-state index in [0.29, 0.717) is 17.1 Å². The minimum Gasteiger partial charge on any atom is -0.507 e. The average molecular weight is 240 g/mol. The maximum Gasteiger partial charge on any atom is 0.225 e. The largest absolute Gasteiger partial charge is 0.507 e. The summed E-state index contributed by atoms with van der Waals surface area (Å²) in [5.74, 6) is 0.159. The Morgan fingerprint density at radius 2 is 2.12 bits per heavy atom. The van der Waals surface area contributed by atoms with Crippen LogP contribution in [0.1, 0.15) is 31.4 Å². The molecule has 0 fully saturated rings. The molecule has 0 unspecified atom stereocenters. The molecule has 2 N–H and O–H groups in total. The monoisotopic (exact) mass is 239 g/mol. The van der Waals surface area contributed by atoms with Gasteiger partial charge in [0, 0.05) is 17.4 Å². The molecule has 4 heteroatoms. The summed E-state index contributed by atoms with van der Waals surface area (Å²) < 4.78 is 0. The van der Waals surface area contributed by atoms with Gasteiger partial charge in [0.25, 0.3) is 0 Å². The Bertz CT molecular complexity index is 480. The number of fused-ring (bicyclic) bond motifs is 1. The van der Waals surface area contributed by atoms with Crippen LogP contribution in [0.3, 0.4) is 0 Å². The first kappa shape index (κ1) is 11.3. The number of amides is 1. The standard InChI is InChI=1S/C12H14ClNO2/c1-6-4-7(13)10-9(11(6)16)12(2,3)5-8(15)14-10/h4,16H,5H2,1-3H3,(H,14,15). The van der Waals surface area contributed by atoms with E-state index in [1.54, 1.807) is 13.0 Å². The fourth-order valence-electron chi connectivity index (χ4n) is 2.22. The summed E-state index contributed by atoms with van der Waals surface area (Å²) in [6.45, 7) is 5.66. The third-order valence-electron chi connectivity index (χ3n) is 2.99. The molecule has 1 aliphatic rings. The molecule has 1 aromatic carbocycles. The molecule has 1 amide bonds. The smallest absolute Gasteiger partial charge is 0.225 e. The summed E-state index contributed by atoms with van der Waals surface area (Å²) in [5, 5.41) is 13.3. The molecule has 0 aromatic heterocycles. The SMILES string of the molecule is Cc1cc(Cl)c2c(c1O)C(C)(C)CC(=O)N2. The second kappa shape index (κ2) is 3.39. The van der Waals surface area contributed by atoms with E-state index in [1.165, 1.54) is 0 Å². The van der Waals surface area contributed by atoms with Crippen molar-refractivity contribution < 1.29 is 9.90 Å². The first-order valence-corrected chi connectivity index (χ1v) is 5.53. The number of aryl methyl sites for hydroxylation is 1. The lowest BCUT2D eigenvalue weighted by Crippen LogP contribution is -2.32. The Kier molecular flexibility index (Phi) is 2.39. The Hall–Kier alpha value is -1.22. The van der Waals surface area contributed by atoms with Gasteiger partial charge in [-0.3, -0.25) is 4.79 Å². The van der Waals surface area contributed by atoms with Crippen molar-refractivity contribution in [2.24, 2.45) is 0 Å². The van der Waals surface area contributed by atoms with Crippen molar-refractivity contribution in [3.63, 3.8) is 0 Å². The van der Waals surface area contributed by atoms with E-state index in [4.69, 9.17) is 11.6 Å². The minimum absolute atomic E-state index is 0.0670. The highest BCUT2D eigenvalue weighted by Gasteiger charge is 2.36. The van der Waals surface area contributed by atoms with Crippen molar-refractivity contribution in [3.8, 4) is 5.75 Å². The molecule has 86 valence electrons. The molecule has 0 atom stereocenters. The molecule has 0 saturated heterocycles. The van der Waals surface area contributed by atoms with Crippen LogP contribution in [0, 0.1) is 6.92 Å². The lowest BCUT2D eigenvalue weighted by Gasteiger charge is -2.33. The number of nitrogens with one attached hydrogen (secondary N) is 1. The molecule has 3 nitrogen and oxygen atoms in total. The van der Waals surface area contributed by atoms with Crippen LogP contribution in [0.5, 0.6) is 5.75 Å². The molecule has 1 heterocycles. The normalized spacial score (nSPS) is 17.9. The summed E-state index contributed by atoms with van der Waals surface area (Å²) in [4.78, 5) is 11.5. The Morgan fingerprint density at radius 1 is 1.50 bits per heavy atom. The van der Waals surface area contributed by atoms with Crippen LogP contribution < -0.4 is 5.32 Å². The van der Waals surface area contributed by atoms with Crippen molar-refractivity contribution in [2.75, 3.05) is 5.32 Å². The molecular weight excluding hydrogens is 226 g/mol. The maximum atomic E-state index is 11.5. The molecule has 0 bridgehead atoms. The predicted molar refractivity (Wildman–Crippen MR) is 64.1 cm³/mol. The third kappa shape index (κ3) is 1.55. The first-order chi connectivity index (χ1) is 7.33. The zero-order valence-corrected chi connectivity index (χ0v) is 10.3. The fourth-order valence-corrected chi connectivity index (χ4v) is 2.53. The van der Waals surface area contributed by atoms with E-state index in [-0.39, 0.29) is 11.7 Å². The summed E-state index contributed by atoms with van der Waals surface area (Å²) in [5.41, 5.74) is 1.62. The van der Waals surface area contributed by atoms with Crippen LogP contribution in [0.25, 0.3) is 0 Å². The average Bonchev–Trinajstić information content (AvgIpc) is 2.11. The zero-order chi connectivity index (χ0) is 12.1. The molecule has 2 rings (SSSR count). The third-order valence-corrected chi connectivity index (χ3v) is 3.28. The number of carbonyl (C=O) groups excluding carboxylic acids is 1. The highest BCUT2D eigenvalue weighted by molar-refractivity contribution is 6.34. The number of hydrogen-bond acceptors (Lipinski definition) is 2. The van der Waals surface area contributed by atoms with Gasteiger partial charge in [-0.05, 0) is 18.6 Å². The molecule has 0 aliphatic carbocycles. The Balaban J connectivity index is 2.77. The number of anilines is 1. The van der Waals surface area contributed by atoms with Crippen molar-refractivity contribution in [1.29, 1.82) is 0 Å². The number of rotatable bonds is 0. The predicted octanol–water partition coefficient (Wildman–Crippen LogP) is 2.97. The number of aromatic hydroxyl groups is 1. The number of carbonyl (C=O) groups is 1. The van der Waals surface area contributed by atoms with Gasteiger partial charge in [-0.25, -0.2) is 0 Å². The highest BCUT2D eigenvalue weighted by Crippen LogP contribution is 2.47. The van der Waals surface area contributed by atoms with Gasteiger partial charge in [0.15, 0.2) is 0 Å². The van der Waals surface area contributed by atoms with E-state index in [1.807, 2.05) is 13.8 Å². The summed E-state index contributed by atoms with van der Waals surface area (Å²) in [7, 11) is 0. The molecule has 16 heavy (non-hydrogen) atoms. The van der Waals surface area contributed by atoms with E-state index in [2.05, 4.69) is 5.32 Å². The van der Waals surface area contributed by atoms with Gasteiger partial charge < -0.3 is 10.4 Å². The summed E-state index contributed by atoms with van der Waals surface area (Å²) >= 11 is 6.09. The second-order valence-electron chi connectivity index (χ2n) is 4.88. The van der Waals surface area contributed by atoms with Gasteiger partial charge in [-0.2, -0.15) is 0 Å². The van der Waals surface area contributed by atoms with Gasteiger partial charge >= 0.3 is 0 Å². The number of halogens is 1. The van der Waals surface area contributed by atoms with Gasteiger partial charge in [-0.15, -0.1) is 0 Å². The van der Waals surface area contributed by atoms with Crippen molar-refractivity contribution in [1.82, 2.24) is 0 Å². The quantitative estimate of drug-likeness (QED) is 0.731. The molecule has 0 radical (unpaired) electrons. The topological polar surface area (TPSA) is 49.3 Å². The van der Waals surface area contributed by atoms with E-state index >= 15 is 0 Å². The zero-order valence-electron chi connectivity index (χ0n) is 9.52. The maximum absolute atomic E-state index is 11.5. The van der Waals surface area contributed by atoms with Crippen LogP contribution in [0.2, 0.25) is 5.02 Å². The molecule has 0 spiro atoms. The number of phenols is 1. The molecular formula is C12H14ClNO2. The van der Waals surface area contributed by atoms with Gasteiger partial charge in [0.05, 0.1) is 10.7 Å². The molecule has 0 saturated carbocycles.